The minimum atomic E-state index is -0.925. The Balaban J connectivity index is 1.86. The van der Waals surface area contributed by atoms with Gasteiger partial charge in [0, 0.05) is 0 Å². The topological polar surface area (TPSA) is 17.1 Å². The fourth-order valence-electron chi connectivity index (χ4n) is 3.68. The van der Waals surface area contributed by atoms with Gasteiger partial charge in [-0.2, -0.15) is 0 Å². The molecule has 0 heterocycles. The van der Waals surface area contributed by atoms with Crippen LogP contribution in [0, 0.1) is 0 Å². The van der Waals surface area contributed by atoms with Crippen LogP contribution in [0.15, 0.2) is 0 Å². The van der Waals surface area contributed by atoms with Gasteiger partial charge in [-0.25, -0.2) is 0 Å². The molecule has 104 valence electrons. The first kappa shape index (κ1) is 14.5. The van der Waals surface area contributed by atoms with E-state index in [-0.39, 0.29) is 0 Å². The van der Waals surface area contributed by atoms with Gasteiger partial charge in [-0.05, 0) is 51.4 Å². The van der Waals surface area contributed by atoms with Crippen LogP contribution in [-0.4, -0.2) is 11.3 Å². The molecule has 2 aliphatic rings. The fraction of sp³-hybridized carbons (Fsp3) is 1.00. The lowest BCUT2D eigenvalue weighted by Gasteiger charge is -2.17. The first-order valence-corrected chi connectivity index (χ1v) is 9.73. The van der Waals surface area contributed by atoms with E-state index in [1.165, 1.54) is 89.9 Å². The second-order valence-corrected chi connectivity index (χ2v) is 8.54. The molecule has 2 fully saturated rings. The van der Waals surface area contributed by atoms with Crippen molar-refractivity contribution >= 4 is 7.80 Å². The molecule has 2 saturated carbocycles. The average Bonchev–Trinajstić information content (AvgIpc) is 2.27. The van der Waals surface area contributed by atoms with E-state index in [0.29, 0.717) is 11.3 Å². The SMILES string of the molecule is O=[P+](C1CCCCCCC1)C1CCCCCCC1. The summed E-state index contributed by atoms with van der Waals surface area (Å²) in [6.45, 7) is 0. The van der Waals surface area contributed by atoms with E-state index in [1.54, 1.807) is 0 Å². The molecule has 0 saturated heterocycles. The maximum atomic E-state index is 12.8. The van der Waals surface area contributed by atoms with Gasteiger partial charge in [0.1, 0.15) is 0 Å². The van der Waals surface area contributed by atoms with Gasteiger partial charge in [-0.1, -0.05) is 43.1 Å². The van der Waals surface area contributed by atoms with E-state index in [0.717, 1.165) is 0 Å². The Morgan fingerprint density at radius 1 is 0.500 bits per heavy atom. The highest BCUT2D eigenvalue weighted by molar-refractivity contribution is 7.46. The van der Waals surface area contributed by atoms with Gasteiger partial charge in [0.05, 0.1) is 0 Å². The molecule has 0 aliphatic heterocycles. The maximum absolute atomic E-state index is 12.8. The zero-order valence-corrected chi connectivity index (χ0v) is 12.8. The molecule has 0 aromatic rings. The van der Waals surface area contributed by atoms with Gasteiger partial charge in [0.15, 0.2) is 11.3 Å². The Bertz CT molecular complexity index is 211. The first-order chi connectivity index (χ1) is 8.88. The predicted octanol–water partition coefficient (Wildman–Crippen LogP) is 6.04. The molecule has 0 aromatic heterocycles. The molecule has 0 N–H and O–H groups in total. The Morgan fingerprint density at radius 3 is 1.11 bits per heavy atom. The summed E-state index contributed by atoms with van der Waals surface area (Å²) >= 11 is 0. The highest BCUT2D eigenvalue weighted by atomic mass is 31.1. The van der Waals surface area contributed by atoms with Gasteiger partial charge >= 0.3 is 7.80 Å². The van der Waals surface area contributed by atoms with E-state index in [9.17, 15) is 4.57 Å². The van der Waals surface area contributed by atoms with E-state index >= 15 is 0 Å². The minimum absolute atomic E-state index is 0.574. The number of hydrogen-bond donors (Lipinski definition) is 0. The Kier molecular flexibility index (Phi) is 6.70. The van der Waals surface area contributed by atoms with Crippen LogP contribution in [0.5, 0.6) is 0 Å². The van der Waals surface area contributed by atoms with Crippen LogP contribution in [-0.2, 0) is 4.57 Å². The van der Waals surface area contributed by atoms with Crippen molar-refractivity contribution in [1.82, 2.24) is 0 Å². The van der Waals surface area contributed by atoms with Crippen molar-refractivity contribution in [3.05, 3.63) is 0 Å². The Morgan fingerprint density at radius 2 is 0.778 bits per heavy atom. The van der Waals surface area contributed by atoms with Crippen molar-refractivity contribution in [3.63, 3.8) is 0 Å². The zero-order valence-electron chi connectivity index (χ0n) is 11.9. The van der Waals surface area contributed by atoms with Crippen LogP contribution >= 0.6 is 7.80 Å². The summed E-state index contributed by atoms with van der Waals surface area (Å²) in [6, 6.07) is 0. The molecule has 0 atom stereocenters. The van der Waals surface area contributed by atoms with Crippen LogP contribution in [0.25, 0.3) is 0 Å². The van der Waals surface area contributed by atoms with Crippen molar-refractivity contribution in [2.24, 2.45) is 0 Å². The smallest absolute Gasteiger partial charge is 0.0742 e. The molecular formula is C16H30OP+. The van der Waals surface area contributed by atoms with Gasteiger partial charge in [-0.3, -0.25) is 0 Å². The monoisotopic (exact) mass is 269 g/mol. The average molecular weight is 269 g/mol. The number of rotatable bonds is 2. The molecule has 0 radical (unpaired) electrons. The van der Waals surface area contributed by atoms with E-state index in [1.807, 2.05) is 0 Å². The van der Waals surface area contributed by atoms with E-state index < -0.39 is 7.80 Å². The Hall–Kier alpha value is 0.100. The highest BCUT2D eigenvalue weighted by Gasteiger charge is 2.37. The summed E-state index contributed by atoms with van der Waals surface area (Å²) in [4.78, 5) is 0. The number of hydrogen-bond acceptors (Lipinski definition) is 1. The second kappa shape index (κ2) is 8.31. The summed E-state index contributed by atoms with van der Waals surface area (Å²) < 4.78 is 12.8. The fourth-order valence-corrected chi connectivity index (χ4v) is 6.02. The highest BCUT2D eigenvalue weighted by Crippen LogP contribution is 2.45. The van der Waals surface area contributed by atoms with Crippen LogP contribution in [0.4, 0.5) is 0 Å². The summed E-state index contributed by atoms with van der Waals surface area (Å²) in [5.41, 5.74) is 1.15. The summed E-state index contributed by atoms with van der Waals surface area (Å²) in [5.74, 6) is 0. The van der Waals surface area contributed by atoms with E-state index in [2.05, 4.69) is 0 Å². The van der Waals surface area contributed by atoms with Crippen LogP contribution in [0.1, 0.15) is 89.9 Å². The van der Waals surface area contributed by atoms with Gasteiger partial charge < -0.3 is 0 Å². The molecule has 2 heteroatoms. The molecule has 18 heavy (non-hydrogen) atoms. The Labute approximate surface area is 114 Å². The standard InChI is InChI=1S/C16H30OP/c17-18(15-11-7-3-1-4-8-12-15)16-13-9-5-2-6-10-14-16/h15-16H,1-14H2/q+1. The molecule has 0 unspecified atom stereocenters. The second-order valence-electron chi connectivity index (χ2n) is 6.36. The lowest BCUT2D eigenvalue weighted by atomic mass is 10.00. The largest absolute Gasteiger partial charge is 0.344 e. The van der Waals surface area contributed by atoms with Gasteiger partial charge in [-0.15, -0.1) is 0 Å². The third kappa shape index (κ3) is 4.65. The molecule has 2 rings (SSSR count). The quantitative estimate of drug-likeness (QED) is 0.558. The molecule has 0 bridgehead atoms. The lowest BCUT2D eigenvalue weighted by molar-refractivity contribution is 0.467. The zero-order chi connectivity index (χ0) is 12.6. The normalized spacial score (nSPS) is 25.8. The van der Waals surface area contributed by atoms with Gasteiger partial charge in [0.25, 0.3) is 0 Å². The first-order valence-electron chi connectivity index (χ1n) is 8.33. The van der Waals surface area contributed by atoms with Crippen LogP contribution < -0.4 is 0 Å². The van der Waals surface area contributed by atoms with Crippen LogP contribution in [0.2, 0.25) is 0 Å². The maximum Gasteiger partial charge on any atom is 0.344 e. The van der Waals surface area contributed by atoms with Crippen molar-refractivity contribution in [1.29, 1.82) is 0 Å². The molecule has 2 aliphatic carbocycles. The predicted molar refractivity (Wildman–Crippen MR) is 79.8 cm³/mol. The van der Waals surface area contributed by atoms with Gasteiger partial charge in [0.2, 0.25) is 0 Å². The molecule has 1 nitrogen and oxygen atoms in total. The van der Waals surface area contributed by atoms with Crippen molar-refractivity contribution < 1.29 is 4.57 Å². The summed E-state index contributed by atoms with van der Waals surface area (Å²) in [7, 11) is -0.925. The van der Waals surface area contributed by atoms with Crippen molar-refractivity contribution in [2.45, 2.75) is 101 Å². The molecule has 0 aromatic carbocycles. The summed E-state index contributed by atoms with van der Waals surface area (Å²) in [6.07, 6.45) is 18.7. The molecular weight excluding hydrogens is 239 g/mol. The minimum Gasteiger partial charge on any atom is -0.0742 e. The lowest BCUT2D eigenvalue weighted by Crippen LogP contribution is -2.14. The molecule has 0 spiro atoms. The van der Waals surface area contributed by atoms with E-state index in [4.69, 9.17) is 0 Å². The van der Waals surface area contributed by atoms with Crippen LogP contribution in [0.3, 0.4) is 0 Å². The van der Waals surface area contributed by atoms with Crippen molar-refractivity contribution in [3.8, 4) is 0 Å². The third-order valence-corrected chi connectivity index (χ3v) is 7.34. The summed E-state index contributed by atoms with van der Waals surface area (Å²) in [5, 5.41) is 0. The van der Waals surface area contributed by atoms with Crippen molar-refractivity contribution in [2.75, 3.05) is 0 Å². The third-order valence-electron chi connectivity index (χ3n) is 4.87. The molecule has 0 amide bonds.